The largest absolute Gasteiger partial charge is 0.494 e. The van der Waals surface area contributed by atoms with E-state index in [9.17, 15) is 18.4 Å². The number of aromatic nitrogens is 1. The fraction of sp³-hybridized carbons (Fsp3) is 0.192. The molecule has 0 saturated heterocycles. The molecule has 0 radical (unpaired) electrons. The Morgan fingerprint density at radius 3 is 2.56 bits per heavy atom. The number of hydrogen-bond acceptors (Lipinski definition) is 7. The van der Waals surface area contributed by atoms with Gasteiger partial charge >= 0.3 is 0 Å². The van der Waals surface area contributed by atoms with Gasteiger partial charge in [0.2, 0.25) is 0 Å². The zero-order valence-electron chi connectivity index (χ0n) is 19.5. The second-order valence-corrected chi connectivity index (χ2v) is 8.40. The highest BCUT2D eigenvalue weighted by Crippen LogP contribution is 2.38. The van der Waals surface area contributed by atoms with Crippen LogP contribution in [0.2, 0.25) is 0 Å². The van der Waals surface area contributed by atoms with Gasteiger partial charge in [-0.25, -0.2) is 13.8 Å². The number of halogens is 2. The molecule has 4 rings (SSSR count). The van der Waals surface area contributed by atoms with E-state index in [2.05, 4.69) is 10.3 Å². The first-order valence-electron chi connectivity index (χ1n) is 10.9. The van der Waals surface area contributed by atoms with Crippen molar-refractivity contribution in [2.75, 3.05) is 34.0 Å². The summed E-state index contributed by atoms with van der Waals surface area (Å²) in [5, 5.41) is 5.00. The molecule has 0 fully saturated rings. The minimum Gasteiger partial charge on any atom is -0.494 e. The van der Waals surface area contributed by atoms with E-state index in [1.807, 2.05) is 0 Å². The number of hydrogen-bond donors (Lipinski definition) is 1. The molecule has 2 aromatic heterocycles. The average molecular weight is 513 g/mol. The van der Waals surface area contributed by atoms with Crippen LogP contribution >= 0.6 is 11.3 Å². The van der Waals surface area contributed by atoms with Gasteiger partial charge in [0.05, 0.1) is 25.5 Å². The summed E-state index contributed by atoms with van der Waals surface area (Å²) in [6, 6.07) is 12.3. The number of thiophene rings is 1. The Labute approximate surface area is 209 Å². The summed E-state index contributed by atoms with van der Waals surface area (Å²) in [6.45, 7) is -1.10. The molecule has 36 heavy (non-hydrogen) atoms. The molecule has 10 heteroatoms. The molecular formula is C26H22F2N2O5S. The number of pyridine rings is 1. The zero-order chi connectivity index (χ0) is 25.7. The summed E-state index contributed by atoms with van der Waals surface area (Å²) in [7, 11) is 2.89. The van der Waals surface area contributed by atoms with Crippen LogP contribution in [-0.2, 0) is 0 Å². The molecule has 1 amide bonds. The third-order valence-electron chi connectivity index (χ3n) is 5.34. The third kappa shape index (κ3) is 5.13. The number of nitrogens with one attached hydrogen (secondary N) is 1. The predicted molar refractivity (Wildman–Crippen MR) is 133 cm³/mol. The van der Waals surface area contributed by atoms with Crippen molar-refractivity contribution < 1.29 is 32.6 Å². The molecule has 0 aliphatic heterocycles. The van der Waals surface area contributed by atoms with Crippen molar-refractivity contribution in [3.05, 3.63) is 71.0 Å². The molecule has 0 aliphatic carbocycles. The maximum Gasteiger partial charge on any atom is 0.251 e. The Hall–Kier alpha value is -4.05. The standard InChI is InChI=1S/C26H22F2N2O5S/c1-33-22-9-7-19(30-24(22)17-14-36-25-16(17)4-3-5-18(25)28)20(31)13-29-26(32)15-6-8-21(35-11-10-27)23(12-15)34-2/h3-9,12,14H,10-11,13H2,1-2H3,(H,29,32). The smallest absolute Gasteiger partial charge is 0.251 e. The van der Waals surface area contributed by atoms with Crippen LogP contribution in [0.3, 0.4) is 0 Å². The number of carbonyl (C=O) groups excluding carboxylic acids is 2. The fourth-order valence-electron chi connectivity index (χ4n) is 3.59. The van der Waals surface area contributed by atoms with Crippen LogP contribution in [0.15, 0.2) is 53.9 Å². The number of ketones is 1. The third-order valence-corrected chi connectivity index (χ3v) is 6.34. The van der Waals surface area contributed by atoms with Crippen molar-refractivity contribution in [2.24, 2.45) is 0 Å². The van der Waals surface area contributed by atoms with Crippen LogP contribution in [0, 0.1) is 5.82 Å². The average Bonchev–Trinajstić information content (AvgIpc) is 3.35. The molecule has 0 saturated carbocycles. The van der Waals surface area contributed by atoms with Gasteiger partial charge in [0.25, 0.3) is 5.91 Å². The Balaban J connectivity index is 1.52. The number of methoxy groups -OCH3 is 2. The molecule has 186 valence electrons. The SMILES string of the molecule is COc1cc(C(=O)NCC(=O)c2ccc(OC)c(-c3csc4c(F)cccc34)n2)ccc1OCCF. The van der Waals surface area contributed by atoms with Gasteiger partial charge in [-0.15, -0.1) is 11.3 Å². The molecule has 0 unspecified atom stereocenters. The van der Waals surface area contributed by atoms with E-state index < -0.39 is 18.4 Å². The predicted octanol–water partition coefficient (Wildman–Crippen LogP) is 5.08. The van der Waals surface area contributed by atoms with Crippen LogP contribution in [0.25, 0.3) is 21.3 Å². The van der Waals surface area contributed by atoms with Crippen LogP contribution in [-0.4, -0.2) is 50.7 Å². The van der Waals surface area contributed by atoms with E-state index >= 15 is 0 Å². The van der Waals surface area contributed by atoms with Gasteiger partial charge in [-0.2, -0.15) is 0 Å². The van der Waals surface area contributed by atoms with E-state index in [0.29, 0.717) is 32.8 Å². The summed E-state index contributed by atoms with van der Waals surface area (Å²) in [5.41, 5.74) is 1.41. The molecule has 4 aromatic rings. The van der Waals surface area contributed by atoms with Crippen molar-refractivity contribution >= 4 is 33.1 Å². The molecule has 0 atom stereocenters. The lowest BCUT2D eigenvalue weighted by molar-refractivity contribution is 0.0902. The second kappa shape index (κ2) is 11.1. The molecule has 2 aromatic carbocycles. The molecular weight excluding hydrogens is 490 g/mol. The Morgan fingerprint density at radius 1 is 1.03 bits per heavy atom. The van der Waals surface area contributed by atoms with Crippen LogP contribution in [0.4, 0.5) is 8.78 Å². The second-order valence-electron chi connectivity index (χ2n) is 7.52. The number of nitrogens with zero attached hydrogens (tertiary/aromatic N) is 1. The van der Waals surface area contributed by atoms with Crippen molar-refractivity contribution in [1.29, 1.82) is 0 Å². The highest BCUT2D eigenvalue weighted by molar-refractivity contribution is 7.17. The zero-order valence-corrected chi connectivity index (χ0v) is 20.3. The molecule has 2 heterocycles. The highest BCUT2D eigenvalue weighted by Gasteiger charge is 2.19. The van der Waals surface area contributed by atoms with Crippen molar-refractivity contribution in [3.63, 3.8) is 0 Å². The minimum atomic E-state index is -0.659. The maximum absolute atomic E-state index is 14.2. The Morgan fingerprint density at radius 2 is 1.81 bits per heavy atom. The first kappa shape index (κ1) is 25.1. The molecule has 0 bridgehead atoms. The number of benzene rings is 2. The number of rotatable bonds is 10. The quantitative estimate of drug-likeness (QED) is 0.298. The van der Waals surface area contributed by atoms with Crippen LogP contribution in [0.5, 0.6) is 17.2 Å². The van der Waals surface area contributed by atoms with Gasteiger partial charge < -0.3 is 19.5 Å². The number of ether oxygens (including phenoxy) is 3. The maximum atomic E-state index is 14.2. The Kier molecular flexibility index (Phi) is 7.74. The van der Waals surface area contributed by atoms with Gasteiger partial charge in [0.15, 0.2) is 17.3 Å². The molecule has 0 aliphatic rings. The van der Waals surface area contributed by atoms with E-state index in [-0.39, 0.29) is 36.0 Å². The number of fused-ring (bicyclic) bond motifs is 1. The topological polar surface area (TPSA) is 86.8 Å². The highest BCUT2D eigenvalue weighted by atomic mass is 32.1. The summed E-state index contributed by atoms with van der Waals surface area (Å²) in [4.78, 5) is 29.9. The fourth-order valence-corrected chi connectivity index (χ4v) is 4.55. The van der Waals surface area contributed by atoms with E-state index in [0.717, 1.165) is 0 Å². The van der Waals surface area contributed by atoms with Gasteiger partial charge in [0, 0.05) is 21.9 Å². The monoisotopic (exact) mass is 512 g/mol. The van der Waals surface area contributed by atoms with Gasteiger partial charge in [-0.1, -0.05) is 12.1 Å². The van der Waals surface area contributed by atoms with Gasteiger partial charge in [0.1, 0.15) is 36.2 Å². The lowest BCUT2D eigenvalue weighted by Gasteiger charge is -2.12. The van der Waals surface area contributed by atoms with Crippen molar-refractivity contribution in [1.82, 2.24) is 10.3 Å². The summed E-state index contributed by atoms with van der Waals surface area (Å²) >= 11 is 1.24. The van der Waals surface area contributed by atoms with Gasteiger partial charge in [-0.05, 0) is 36.4 Å². The van der Waals surface area contributed by atoms with Crippen molar-refractivity contribution in [2.45, 2.75) is 0 Å². The lowest BCUT2D eigenvalue weighted by atomic mass is 10.1. The molecule has 1 N–H and O–H groups in total. The van der Waals surface area contributed by atoms with Crippen molar-refractivity contribution in [3.8, 4) is 28.5 Å². The summed E-state index contributed by atoms with van der Waals surface area (Å²) < 4.78 is 42.9. The Bertz CT molecular complexity index is 1420. The van der Waals surface area contributed by atoms with Crippen LogP contribution in [0.1, 0.15) is 20.8 Å². The number of Topliss-reactive ketones (excluding diaryl/α,β-unsaturated/α-hetero) is 1. The number of carbonyl (C=O) groups is 2. The lowest BCUT2D eigenvalue weighted by Crippen LogP contribution is -2.30. The van der Waals surface area contributed by atoms with E-state index in [4.69, 9.17) is 14.2 Å². The summed E-state index contributed by atoms with van der Waals surface area (Å²) in [5.74, 6) is -0.264. The normalized spacial score (nSPS) is 10.8. The first-order chi connectivity index (χ1) is 17.5. The summed E-state index contributed by atoms with van der Waals surface area (Å²) in [6.07, 6.45) is 0. The number of amides is 1. The molecule has 0 spiro atoms. The first-order valence-corrected chi connectivity index (χ1v) is 11.7. The number of alkyl halides is 1. The minimum absolute atomic E-state index is 0.120. The van der Waals surface area contributed by atoms with E-state index in [1.165, 1.54) is 55.9 Å². The van der Waals surface area contributed by atoms with Crippen LogP contribution < -0.4 is 19.5 Å². The van der Waals surface area contributed by atoms with Gasteiger partial charge in [-0.3, -0.25) is 9.59 Å². The molecule has 7 nitrogen and oxygen atoms in total. The van der Waals surface area contributed by atoms with E-state index in [1.54, 1.807) is 23.6 Å².